The Labute approximate surface area is 175 Å². The van der Waals surface area contributed by atoms with Gasteiger partial charge >= 0.3 is 5.97 Å². The molecule has 0 amide bonds. The highest BCUT2D eigenvalue weighted by Crippen LogP contribution is 2.34. The number of esters is 1. The van der Waals surface area contributed by atoms with Crippen molar-refractivity contribution in [3.05, 3.63) is 69.8 Å². The van der Waals surface area contributed by atoms with E-state index >= 15 is 0 Å². The fourth-order valence-corrected chi connectivity index (χ4v) is 5.23. The summed E-state index contributed by atoms with van der Waals surface area (Å²) in [6, 6.07) is 11.8. The Kier molecular flexibility index (Phi) is 5.96. The number of sulfonamides is 1. The average Bonchev–Trinajstić information content (AvgIpc) is 2.67. The van der Waals surface area contributed by atoms with Crippen LogP contribution in [0, 0.1) is 22.5 Å². The normalized spacial score (nSPS) is 19.2. The molecule has 0 aliphatic carbocycles. The molecule has 2 aromatic carbocycles. The molecule has 0 radical (unpaired) electrons. The van der Waals surface area contributed by atoms with E-state index in [9.17, 15) is 23.3 Å². The van der Waals surface area contributed by atoms with Crippen LogP contribution in [-0.4, -0.2) is 42.8 Å². The number of nitro benzene ring substituents is 1. The van der Waals surface area contributed by atoms with Crippen LogP contribution in [0.15, 0.2) is 53.4 Å². The van der Waals surface area contributed by atoms with Crippen molar-refractivity contribution in [3.63, 3.8) is 0 Å². The molecule has 3 rings (SSSR count). The van der Waals surface area contributed by atoms with E-state index in [0.29, 0.717) is 13.0 Å². The molecule has 9 heteroatoms. The second kappa shape index (κ2) is 8.16. The second-order valence-electron chi connectivity index (χ2n) is 8.31. The van der Waals surface area contributed by atoms with E-state index in [0.717, 1.165) is 5.56 Å². The molecular weight excluding hydrogens is 408 g/mol. The number of nitrogens with zero attached hydrogens (tertiary/aromatic N) is 2. The van der Waals surface area contributed by atoms with Crippen molar-refractivity contribution in [1.29, 1.82) is 0 Å². The summed E-state index contributed by atoms with van der Waals surface area (Å²) < 4.78 is 33.2. The van der Waals surface area contributed by atoms with Crippen LogP contribution in [0.3, 0.4) is 0 Å². The zero-order valence-corrected chi connectivity index (χ0v) is 17.9. The third-order valence-electron chi connectivity index (χ3n) is 5.04. The predicted molar refractivity (Wildman–Crippen MR) is 111 cm³/mol. The summed E-state index contributed by atoms with van der Waals surface area (Å²) in [7, 11) is -3.73. The zero-order chi connectivity index (χ0) is 22.1. The highest BCUT2D eigenvalue weighted by atomic mass is 32.2. The molecule has 30 heavy (non-hydrogen) atoms. The maximum absolute atomic E-state index is 13.1. The highest BCUT2D eigenvalue weighted by molar-refractivity contribution is 7.89. The molecule has 0 spiro atoms. The minimum Gasteiger partial charge on any atom is -0.457 e. The molecule has 1 saturated heterocycles. The number of benzene rings is 2. The lowest BCUT2D eigenvalue weighted by Gasteiger charge is -2.41. The van der Waals surface area contributed by atoms with Gasteiger partial charge in [-0.05, 0) is 43.0 Å². The standard InChI is InChI=1S/C21H24N2O6S/c1-15-4-10-19(11-5-15)30(27,28)22-13-18(12-21(2,3)14-22)29-20(24)16-6-8-17(9-7-16)23(25)26/h4-11,18H,12-14H2,1-3H3. The molecule has 1 aliphatic heterocycles. The number of piperidine rings is 1. The maximum atomic E-state index is 13.1. The topological polar surface area (TPSA) is 107 Å². The van der Waals surface area contributed by atoms with Crippen LogP contribution in [0.5, 0.6) is 0 Å². The van der Waals surface area contributed by atoms with Crippen molar-refractivity contribution in [2.75, 3.05) is 13.1 Å². The molecule has 0 N–H and O–H groups in total. The van der Waals surface area contributed by atoms with Gasteiger partial charge in [-0.2, -0.15) is 4.31 Å². The van der Waals surface area contributed by atoms with Crippen LogP contribution < -0.4 is 0 Å². The summed E-state index contributed by atoms with van der Waals surface area (Å²) in [6.07, 6.45) is -0.122. The van der Waals surface area contributed by atoms with Gasteiger partial charge in [0.2, 0.25) is 10.0 Å². The van der Waals surface area contributed by atoms with Gasteiger partial charge in [0.05, 0.1) is 21.9 Å². The smallest absolute Gasteiger partial charge is 0.338 e. The van der Waals surface area contributed by atoms with E-state index in [4.69, 9.17) is 4.74 Å². The summed E-state index contributed by atoms with van der Waals surface area (Å²) >= 11 is 0. The van der Waals surface area contributed by atoms with Gasteiger partial charge in [-0.25, -0.2) is 13.2 Å². The van der Waals surface area contributed by atoms with Gasteiger partial charge < -0.3 is 4.74 Å². The molecule has 1 aliphatic rings. The van der Waals surface area contributed by atoms with Crippen molar-refractivity contribution in [2.45, 2.75) is 38.2 Å². The summed E-state index contributed by atoms with van der Waals surface area (Å²) in [4.78, 5) is 22.9. The van der Waals surface area contributed by atoms with Crippen LogP contribution in [0.4, 0.5) is 5.69 Å². The van der Waals surface area contributed by atoms with E-state index in [2.05, 4.69) is 0 Å². The van der Waals surface area contributed by atoms with Crippen molar-refractivity contribution < 1.29 is 22.9 Å². The van der Waals surface area contributed by atoms with Crippen molar-refractivity contribution >= 4 is 21.7 Å². The number of hydrogen-bond donors (Lipinski definition) is 0. The first-order chi connectivity index (χ1) is 14.0. The number of rotatable bonds is 5. The summed E-state index contributed by atoms with van der Waals surface area (Å²) in [5.41, 5.74) is 0.622. The van der Waals surface area contributed by atoms with Crippen molar-refractivity contribution in [2.24, 2.45) is 5.41 Å². The third kappa shape index (κ3) is 4.85. The molecule has 0 aromatic heterocycles. The Hall–Kier alpha value is -2.78. The van der Waals surface area contributed by atoms with Gasteiger partial charge in [0, 0.05) is 18.7 Å². The lowest BCUT2D eigenvalue weighted by atomic mass is 9.84. The minimum absolute atomic E-state index is 0.0539. The van der Waals surface area contributed by atoms with Gasteiger partial charge in [0.25, 0.3) is 5.69 Å². The first-order valence-electron chi connectivity index (χ1n) is 9.50. The van der Waals surface area contributed by atoms with Gasteiger partial charge in [0.1, 0.15) is 6.10 Å². The van der Waals surface area contributed by atoms with E-state index in [1.165, 1.54) is 28.6 Å². The van der Waals surface area contributed by atoms with Crippen molar-refractivity contribution in [1.82, 2.24) is 4.31 Å². The first-order valence-corrected chi connectivity index (χ1v) is 10.9. The number of nitro groups is 1. The summed E-state index contributed by atoms with van der Waals surface area (Å²) in [5, 5.41) is 10.8. The van der Waals surface area contributed by atoms with E-state index < -0.39 is 32.4 Å². The molecule has 0 saturated carbocycles. The quantitative estimate of drug-likeness (QED) is 0.406. The predicted octanol–water partition coefficient (Wildman–Crippen LogP) is 3.55. The molecule has 160 valence electrons. The Balaban J connectivity index is 1.78. The average molecular weight is 432 g/mol. The number of carbonyl (C=O) groups excluding carboxylic acids is 1. The van der Waals surface area contributed by atoms with E-state index in [1.54, 1.807) is 24.3 Å². The van der Waals surface area contributed by atoms with Gasteiger partial charge in [-0.3, -0.25) is 10.1 Å². The number of carbonyl (C=O) groups is 1. The van der Waals surface area contributed by atoms with Gasteiger partial charge in [-0.1, -0.05) is 31.5 Å². The molecule has 1 heterocycles. The summed E-state index contributed by atoms with van der Waals surface area (Å²) in [5.74, 6) is -0.639. The van der Waals surface area contributed by atoms with E-state index in [-0.39, 0.29) is 22.7 Å². The Morgan fingerprint density at radius 1 is 1.13 bits per heavy atom. The Bertz CT molecular complexity index is 1050. The molecule has 1 fully saturated rings. The van der Waals surface area contributed by atoms with Crippen molar-refractivity contribution in [3.8, 4) is 0 Å². The number of non-ortho nitro benzene ring substituents is 1. The second-order valence-corrected chi connectivity index (χ2v) is 10.2. The number of hydrogen-bond acceptors (Lipinski definition) is 6. The highest BCUT2D eigenvalue weighted by Gasteiger charge is 2.40. The fraction of sp³-hybridized carbons (Fsp3) is 0.381. The van der Waals surface area contributed by atoms with Gasteiger partial charge in [0.15, 0.2) is 0 Å². The van der Waals surface area contributed by atoms with Crippen LogP contribution in [0.1, 0.15) is 36.2 Å². The third-order valence-corrected chi connectivity index (χ3v) is 6.86. The minimum atomic E-state index is -3.73. The molecule has 0 bridgehead atoms. The van der Waals surface area contributed by atoms with E-state index in [1.807, 2.05) is 20.8 Å². The zero-order valence-electron chi connectivity index (χ0n) is 17.1. The number of ether oxygens (including phenoxy) is 1. The van der Waals surface area contributed by atoms with Crippen LogP contribution in [-0.2, 0) is 14.8 Å². The van der Waals surface area contributed by atoms with Crippen LogP contribution in [0.2, 0.25) is 0 Å². The lowest BCUT2D eigenvalue weighted by Crippen LogP contribution is -2.50. The number of aryl methyl sites for hydroxylation is 1. The van der Waals surface area contributed by atoms with Crippen LogP contribution >= 0.6 is 0 Å². The lowest BCUT2D eigenvalue weighted by molar-refractivity contribution is -0.384. The first kappa shape index (κ1) is 21.9. The Morgan fingerprint density at radius 2 is 1.73 bits per heavy atom. The molecule has 1 unspecified atom stereocenters. The largest absolute Gasteiger partial charge is 0.457 e. The van der Waals surface area contributed by atoms with Gasteiger partial charge in [-0.15, -0.1) is 0 Å². The Morgan fingerprint density at radius 3 is 2.30 bits per heavy atom. The molecular formula is C21H24N2O6S. The SMILES string of the molecule is Cc1ccc(S(=O)(=O)N2CC(OC(=O)c3ccc([N+](=O)[O-])cc3)CC(C)(C)C2)cc1. The fourth-order valence-electron chi connectivity index (χ4n) is 3.57. The van der Waals surface area contributed by atoms with Crippen LogP contribution in [0.25, 0.3) is 0 Å². The molecule has 2 aromatic rings. The molecule has 1 atom stereocenters. The monoisotopic (exact) mass is 432 g/mol. The summed E-state index contributed by atoms with van der Waals surface area (Å²) in [6.45, 7) is 6.11. The maximum Gasteiger partial charge on any atom is 0.338 e. The molecule has 8 nitrogen and oxygen atoms in total.